The van der Waals surface area contributed by atoms with E-state index in [1.165, 1.54) is 47.0 Å². The van der Waals surface area contributed by atoms with Gasteiger partial charge in [0.1, 0.15) is 0 Å². The highest BCUT2D eigenvalue weighted by atomic mass is 32.2. The maximum Gasteiger partial charge on any atom is 0.0889 e. The van der Waals surface area contributed by atoms with Crippen LogP contribution in [0.2, 0.25) is 0 Å². The molecule has 0 bridgehead atoms. The van der Waals surface area contributed by atoms with Crippen LogP contribution in [-0.2, 0) is 18.9 Å². The second kappa shape index (κ2) is 39.4. The van der Waals surface area contributed by atoms with E-state index >= 15 is 0 Å². The maximum atomic E-state index is 8.93. The molecule has 0 saturated carbocycles. The third-order valence-electron chi connectivity index (χ3n) is 3.23. The average Bonchev–Trinajstić information content (AvgIpc) is 2.86. The summed E-state index contributed by atoms with van der Waals surface area (Å²) in [6.45, 7) is 11.4. The monoisotopic (exact) mass is 600 g/mol. The third-order valence-corrected chi connectivity index (χ3v) is 7.14. The van der Waals surface area contributed by atoms with Gasteiger partial charge in [-0.2, -0.15) is 12.6 Å². The number of thiol groups is 1. The first-order valence-electron chi connectivity index (χ1n) is 10.7. The molecule has 0 aliphatic rings. The van der Waals surface area contributed by atoms with E-state index in [9.17, 15) is 0 Å². The molecule has 2 unspecified atom stereocenters. The van der Waals surface area contributed by atoms with Crippen molar-refractivity contribution in [2.24, 2.45) is 0 Å². The zero-order chi connectivity index (χ0) is 26.8. The lowest BCUT2D eigenvalue weighted by atomic mass is 10.5. The fourth-order valence-corrected chi connectivity index (χ4v) is 4.95. The summed E-state index contributed by atoms with van der Waals surface area (Å²) >= 11 is 8.96. The van der Waals surface area contributed by atoms with Crippen molar-refractivity contribution in [3.8, 4) is 0 Å². The van der Waals surface area contributed by atoms with Crippen LogP contribution in [0.25, 0.3) is 0 Å². The van der Waals surface area contributed by atoms with Gasteiger partial charge in [-0.05, 0) is 0 Å². The average molecular weight is 601 g/mol. The van der Waals surface area contributed by atoms with Crippen LogP contribution >= 0.6 is 59.7 Å². The van der Waals surface area contributed by atoms with Gasteiger partial charge in [0.25, 0.3) is 0 Å². The topological polar surface area (TPSA) is 138 Å². The summed E-state index contributed by atoms with van der Waals surface area (Å²) in [7, 11) is 0. The maximum absolute atomic E-state index is 8.93. The fraction of sp³-hybridized carbons (Fsp3) is 0.810. The van der Waals surface area contributed by atoms with Gasteiger partial charge in [0.2, 0.25) is 0 Å². The lowest BCUT2D eigenvalue weighted by Crippen LogP contribution is -2.20. The summed E-state index contributed by atoms with van der Waals surface area (Å²) in [4.78, 5) is 0. The number of aliphatic hydroxyl groups excluding tert-OH is 5. The first kappa shape index (κ1) is 40.4. The largest absolute Gasteiger partial charge is 0.386 e. The number of aliphatic hydroxyl groups is 5. The van der Waals surface area contributed by atoms with Crippen LogP contribution in [0.1, 0.15) is 0 Å². The Kier molecular flexibility index (Phi) is 45.4. The molecule has 0 radical (unpaired) electrons. The molecule has 0 heterocycles. The Morgan fingerprint density at radius 2 is 0.971 bits per heavy atom. The molecular weight excluding hydrogens is 557 g/mol. The number of thioether (sulfide) groups is 4. The van der Waals surface area contributed by atoms with Crippen LogP contribution < -0.4 is 0 Å². The van der Waals surface area contributed by atoms with Crippen molar-refractivity contribution in [2.45, 2.75) is 10.5 Å². The van der Waals surface area contributed by atoms with Gasteiger partial charge in [0.15, 0.2) is 0 Å². The van der Waals surface area contributed by atoms with Crippen molar-refractivity contribution in [1.82, 2.24) is 0 Å². The highest BCUT2D eigenvalue weighted by Gasteiger charge is 2.11. The number of hydrogen-bond donors (Lipinski definition) is 6. The van der Waals surface area contributed by atoms with Gasteiger partial charge >= 0.3 is 0 Å². The van der Waals surface area contributed by atoms with Gasteiger partial charge in [-0.1, -0.05) is 12.2 Å². The minimum absolute atomic E-state index is 0.0408. The molecule has 0 saturated heterocycles. The Labute approximate surface area is 233 Å². The molecule has 0 aromatic rings. The zero-order valence-corrected chi connectivity index (χ0v) is 24.4. The molecule has 0 amide bonds. The molecule has 0 aliphatic carbocycles. The molecule has 0 aromatic carbocycles. The van der Waals surface area contributed by atoms with E-state index < -0.39 is 0 Å². The van der Waals surface area contributed by atoms with Gasteiger partial charge in [0.05, 0.1) is 82.5 Å². The van der Waals surface area contributed by atoms with Crippen molar-refractivity contribution < 1.29 is 44.5 Å². The summed E-state index contributed by atoms with van der Waals surface area (Å²) in [6.07, 6.45) is 3.43. The lowest BCUT2D eigenvalue weighted by molar-refractivity contribution is 0.0511. The Bertz CT molecular complexity index is 368. The number of rotatable bonds is 24. The fourth-order valence-electron chi connectivity index (χ4n) is 1.87. The van der Waals surface area contributed by atoms with Gasteiger partial charge in [-0.15, -0.1) is 60.2 Å². The molecule has 0 aromatic heterocycles. The Morgan fingerprint density at radius 3 is 1.26 bits per heavy atom. The van der Waals surface area contributed by atoms with E-state index in [1.54, 1.807) is 12.2 Å². The SMILES string of the molecule is C=CCOCCOCC=C.OCS.OCSCC(COCCOCC(CSCO)SCO)SCO. The molecular formula is C21H44O9S5. The molecule has 9 nitrogen and oxygen atoms in total. The summed E-state index contributed by atoms with van der Waals surface area (Å²) < 4.78 is 21.1. The molecule has 35 heavy (non-hydrogen) atoms. The third kappa shape index (κ3) is 39.5. The van der Waals surface area contributed by atoms with E-state index in [0.717, 1.165) is 11.5 Å². The Morgan fingerprint density at radius 1 is 0.629 bits per heavy atom. The van der Waals surface area contributed by atoms with Crippen LogP contribution in [0.4, 0.5) is 0 Å². The van der Waals surface area contributed by atoms with E-state index in [2.05, 4.69) is 25.8 Å². The predicted octanol–water partition coefficient (Wildman–Crippen LogP) is 1.75. The molecule has 0 fully saturated rings. The molecule has 0 spiro atoms. The van der Waals surface area contributed by atoms with Gasteiger partial charge < -0.3 is 44.5 Å². The van der Waals surface area contributed by atoms with Crippen molar-refractivity contribution in [3.63, 3.8) is 0 Å². The molecule has 212 valence electrons. The van der Waals surface area contributed by atoms with E-state index in [1.807, 2.05) is 0 Å². The van der Waals surface area contributed by atoms with Crippen molar-refractivity contribution in [2.75, 3.05) is 94.1 Å². The van der Waals surface area contributed by atoms with Crippen LogP contribution in [0.3, 0.4) is 0 Å². The van der Waals surface area contributed by atoms with E-state index in [4.69, 9.17) is 44.5 Å². The van der Waals surface area contributed by atoms with Crippen molar-refractivity contribution >= 4 is 59.7 Å². The molecule has 14 heteroatoms. The van der Waals surface area contributed by atoms with Crippen LogP contribution in [0.15, 0.2) is 25.3 Å². The molecule has 5 N–H and O–H groups in total. The second-order valence-corrected chi connectivity index (χ2v) is 10.7. The number of ether oxygens (including phenoxy) is 4. The number of hydrogen-bond acceptors (Lipinski definition) is 14. The van der Waals surface area contributed by atoms with Crippen LogP contribution in [-0.4, -0.2) is 130 Å². The molecule has 0 rings (SSSR count). The summed E-state index contributed by atoms with van der Waals surface area (Å²) in [6, 6.07) is 0. The van der Waals surface area contributed by atoms with E-state index in [0.29, 0.717) is 52.9 Å². The normalized spacial score (nSPS) is 12.1. The van der Waals surface area contributed by atoms with Gasteiger partial charge in [0, 0.05) is 22.0 Å². The molecule has 0 aliphatic heterocycles. The zero-order valence-electron chi connectivity index (χ0n) is 20.3. The molecule has 2 atom stereocenters. The van der Waals surface area contributed by atoms with Gasteiger partial charge in [-0.3, -0.25) is 0 Å². The second-order valence-electron chi connectivity index (χ2n) is 5.85. The first-order chi connectivity index (χ1) is 17.1. The highest BCUT2D eigenvalue weighted by molar-refractivity contribution is 8.03. The van der Waals surface area contributed by atoms with Crippen molar-refractivity contribution in [1.29, 1.82) is 0 Å². The minimum Gasteiger partial charge on any atom is -0.386 e. The Balaban J connectivity index is -0.000000652. The summed E-state index contributed by atoms with van der Waals surface area (Å²) in [5.74, 6) is 1.63. The van der Waals surface area contributed by atoms with E-state index in [-0.39, 0.29) is 40.2 Å². The Hall–Kier alpha value is 0.870. The smallest absolute Gasteiger partial charge is 0.0889 e. The summed E-state index contributed by atoms with van der Waals surface area (Å²) in [5, 5.41) is 43.1. The van der Waals surface area contributed by atoms with Crippen LogP contribution in [0, 0.1) is 0 Å². The van der Waals surface area contributed by atoms with Crippen molar-refractivity contribution in [3.05, 3.63) is 25.3 Å². The van der Waals surface area contributed by atoms with Crippen LogP contribution in [0.5, 0.6) is 0 Å². The quantitative estimate of drug-likeness (QED) is 0.0416. The first-order valence-corrected chi connectivity index (χ1v) is 15.7. The summed E-state index contributed by atoms with van der Waals surface area (Å²) in [5.41, 5.74) is 0. The predicted molar refractivity (Wildman–Crippen MR) is 156 cm³/mol. The minimum atomic E-state index is -0.0556. The lowest BCUT2D eigenvalue weighted by Gasteiger charge is -2.16. The van der Waals surface area contributed by atoms with Gasteiger partial charge in [-0.25, -0.2) is 0 Å². The standard InChI is InChI=1S/C12H26O6S4.C8H14O2.CH4OS/c13-7-19-5-11(21-9-15)3-17-1-2-18-4-12(22-10-16)6-20-8-14;1-3-5-9-7-8-10-6-4-2;2-1-3/h11-16H,1-10H2;3-4H,1-2,5-8H2;2-3H,1H2. The highest BCUT2D eigenvalue weighted by Crippen LogP contribution is 2.16.